The third-order valence-electron chi connectivity index (χ3n) is 5.32. The van der Waals surface area contributed by atoms with Crippen LogP contribution in [0, 0.1) is 0 Å². The first kappa shape index (κ1) is 21.7. The van der Waals surface area contributed by atoms with E-state index in [1.165, 1.54) is 5.56 Å². The average Bonchev–Trinajstić information content (AvgIpc) is 2.82. The fraction of sp³-hybridized carbons (Fsp3) is 0.231. The second kappa shape index (κ2) is 11.2. The molecule has 0 radical (unpaired) electrons. The number of amides is 1. The highest BCUT2D eigenvalue weighted by Crippen LogP contribution is 2.21. The number of piperazine rings is 1. The van der Waals surface area contributed by atoms with Crippen molar-refractivity contribution in [3.63, 3.8) is 0 Å². The lowest BCUT2D eigenvalue weighted by atomic mass is 10.2. The van der Waals surface area contributed by atoms with Crippen LogP contribution in [-0.4, -0.2) is 54.6 Å². The highest BCUT2D eigenvalue weighted by atomic mass is 16.5. The van der Waals surface area contributed by atoms with Gasteiger partial charge in [0, 0.05) is 32.7 Å². The van der Waals surface area contributed by atoms with E-state index < -0.39 is 0 Å². The van der Waals surface area contributed by atoms with E-state index >= 15 is 0 Å². The van der Waals surface area contributed by atoms with Crippen LogP contribution in [0.15, 0.2) is 90.0 Å². The molecule has 1 heterocycles. The fourth-order valence-corrected chi connectivity index (χ4v) is 3.65. The van der Waals surface area contributed by atoms with Crippen LogP contribution in [0.25, 0.3) is 0 Å². The fourth-order valence-electron chi connectivity index (χ4n) is 3.65. The summed E-state index contributed by atoms with van der Waals surface area (Å²) in [4.78, 5) is 16.9. The summed E-state index contributed by atoms with van der Waals surface area (Å²) in [6.45, 7) is 4.98. The van der Waals surface area contributed by atoms with E-state index in [0.29, 0.717) is 6.54 Å². The van der Waals surface area contributed by atoms with Crippen molar-refractivity contribution in [3.8, 4) is 11.5 Å². The molecule has 1 fully saturated rings. The number of rotatable bonds is 8. The number of nitrogens with zero attached hydrogens (tertiary/aromatic N) is 3. The maximum atomic E-state index is 12.3. The Labute approximate surface area is 189 Å². The molecule has 1 aliphatic rings. The number of para-hydroxylation sites is 1. The Hall–Kier alpha value is -3.48. The summed E-state index contributed by atoms with van der Waals surface area (Å²) >= 11 is 0. The van der Waals surface area contributed by atoms with Gasteiger partial charge in [-0.05, 0) is 35.4 Å². The Bertz CT molecular complexity index is 1020. The molecule has 0 aliphatic carbocycles. The van der Waals surface area contributed by atoms with E-state index in [9.17, 15) is 4.79 Å². The zero-order valence-corrected chi connectivity index (χ0v) is 18.1. The number of hydrogen-bond donors (Lipinski definition) is 1. The molecule has 0 atom stereocenters. The van der Waals surface area contributed by atoms with Gasteiger partial charge in [-0.15, -0.1) is 0 Å². The summed E-state index contributed by atoms with van der Waals surface area (Å²) in [5, 5.41) is 4.11. The van der Waals surface area contributed by atoms with Gasteiger partial charge in [-0.3, -0.25) is 14.6 Å². The Morgan fingerprint density at radius 3 is 2.25 bits per heavy atom. The number of carbonyl (C=O) groups excluding carboxylic acids is 1. The molecule has 0 spiro atoms. The molecule has 0 saturated carbocycles. The van der Waals surface area contributed by atoms with Crippen LogP contribution in [-0.2, 0) is 11.3 Å². The second-order valence-corrected chi connectivity index (χ2v) is 7.82. The Morgan fingerprint density at radius 1 is 0.844 bits per heavy atom. The first-order valence-electron chi connectivity index (χ1n) is 10.9. The number of hydrazone groups is 1. The molecular weight excluding hydrogens is 400 g/mol. The van der Waals surface area contributed by atoms with E-state index in [4.69, 9.17) is 4.74 Å². The molecule has 6 nitrogen and oxygen atoms in total. The van der Waals surface area contributed by atoms with Crippen LogP contribution in [0.5, 0.6) is 11.5 Å². The lowest BCUT2D eigenvalue weighted by Gasteiger charge is -2.34. The molecule has 3 aromatic rings. The van der Waals surface area contributed by atoms with Gasteiger partial charge in [-0.2, -0.15) is 5.10 Å². The van der Waals surface area contributed by atoms with Gasteiger partial charge in [0.15, 0.2) is 0 Å². The predicted octanol–water partition coefficient (Wildman–Crippen LogP) is 3.75. The van der Waals surface area contributed by atoms with Crippen LogP contribution < -0.4 is 10.2 Å². The molecule has 0 bridgehead atoms. The molecule has 1 saturated heterocycles. The van der Waals surface area contributed by atoms with Gasteiger partial charge in [0.1, 0.15) is 11.5 Å². The first-order chi connectivity index (χ1) is 15.7. The van der Waals surface area contributed by atoms with E-state index in [1.807, 2.05) is 60.7 Å². The minimum absolute atomic E-state index is 0.102. The smallest absolute Gasteiger partial charge is 0.254 e. The zero-order chi connectivity index (χ0) is 22.0. The van der Waals surface area contributed by atoms with Crippen molar-refractivity contribution in [2.24, 2.45) is 5.10 Å². The number of carbonyl (C=O) groups is 1. The van der Waals surface area contributed by atoms with Crippen molar-refractivity contribution < 1.29 is 9.53 Å². The van der Waals surface area contributed by atoms with Gasteiger partial charge in [0.2, 0.25) is 0 Å². The standard InChI is InChI=1S/C26H28N4O2/c31-26(21-30-16-14-29(15-17-30)20-22-8-3-1-4-9-22)28-27-19-23-10-7-13-25(18-23)32-24-11-5-2-6-12-24/h1-13,18-19H,14-17,20-21H2,(H,28,31). The lowest BCUT2D eigenvalue weighted by molar-refractivity contribution is -0.122. The SMILES string of the molecule is O=C(CN1CCN(Cc2ccccc2)CC1)NN=Cc1cccc(Oc2ccccc2)c1. The largest absolute Gasteiger partial charge is 0.457 e. The van der Waals surface area contributed by atoms with Crippen LogP contribution in [0.2, 0.25) is 0 Å². The molecular formula is C26H28N4O2. The summed E-state index contributed by atoms with van der Waals surface area (Å²) in [6.07, 6.45) is 1.63. The van der Waals surface area contributed by atoms with Gasteiger partial charge in [0.05, 0.1) is 12.8 Å². The molecule has 4 rings (SSSR count). The summed E-state index contributed by atoms with van der Waals surface area (Å²) in [5.74, 6) is 1.40. The molecule has 1 N–H and O–H groups in total. The first-order valence-corrected chi connectivity index (χ1v) is 10.9. The normalized spacial score (nSPS) is 15.0. The van der Waals surface area contributed by atoms with E-state index in [0.717, 1.165) is 49.8 Å². The quantitative estimate of drug-likeness (QED) is 0.439. The van der Waals surface area contributed by atoms with Crippen LogP contribution in [0.3, 0.4) is 0 Å². The Morgan fingerprint density at radius 2 is 1.50 bits per heavy atom. The molecule has 6 heteroatoms. The highest BCUT2D eigenvalue weighted by Gasteiger charge is 2.18. The summed E-state index contributed by atoms with van der Waals surface area (Å²) in [7, 11) is 0. The van der Waals surface area contributed by atoms with E-state index in [2.05, 4.69) is 44.6 Å². The summed E-state index contributed by atoms with van der Waals surface area (Å²) in [6, 6.07) is 27.7. The lowest BCUT2D eigenvalue weighted by Crippen LogP contribution is -2.48. The van der Waals surface area contributed by atoms with Crippen molar-refractivity contribution >= 4 is 12.1 Å². The van der Waals surface area contributed by atoms with Gasteiger partial charge in [-0.1, -0.05) is 60.7 Å². The number of benzene rings is 3. The highest BCUT2D eigenvalue weighted by molar-refractivity contribution is 5.83. The molecule has 3 aromatic carbocycles. The molecule has 0 aromatic heterocycles. The molecule has 1 amide bonds. The molecule has 0 unspecified atom stereocenters. The Balaban J connectivity index is 1.19. The van der Waals surface area contributed by atoms with Gasteiger partial charge < -0.3 is 4.74 Å². The zero-order valence-electron chi connectivity index (χ0n) is 18.1. The molecule has 32 heavy (non-hydrogen) atoms. The van der Waals surface area contributed by atoms with Gasteiger partial charge in [-0.25, -0.2) is 5.43 Å². The van der Waals surface area contributed by atoms with E-state index in [1.54, 1.807) is 6.21 Å². The average molecular weight is 429 g/mol. The number of hydrogen-bond acceptors (Lipinski definition) is 5. The second-order valence-electron chi connectivity index (χ2n) is 7.82. The maximum absolute atomic E-state index is 12.3. The monoisotopic (exact) mass is 428 g/mol. The van der Waals surface area contributed by atoms with E-state index in [-0.39, 0.29) is 5.91 Å². The van der Waals surface area contributed by atoms with Crippen LogP contribution in [0.1, 0.15) is 11.1 Å². The molecule has 1 aliphatic heterocycles. The predicted molar refractivity (Wildman–Crippen MR) is 127 cm³/mol. The van der Waals surface area contributed by atoms with Crippen molar-refractivity contribution in [1.29, 1.82) is 0 Å². The van der Waals surface area contributed by atoms with Crippen molar-refractivity contribution in [3.05, 3.63) is 96.1 Å². The van der Waals surface area contributed by atoms with Crippen molar-refractivity contribution in [2.45, 2.75) is 6.54 Å². The third-order valence-corrected chi connectivity index (χ3v) is 5.32. The molecule has 164 valence electrons. The number of nitrogens with one attached hydrogen (secondary N) is 1. The maximum Gasteiger partial charge on any atom is 0.254 e. The third kappa shape index (κ3) is 6.77. The van der Waals surface area contributed by atoms with Crippen LogP contribution in [0.4, 0.5) is 0 Å². The van der Waals surface area contributed by atoms with Crippen molar-refractivity contribution in [2.75, 3.05) is 32.7 Å². The van der Waals surface area contributed by atoms with Crippen molar-refractivity contribution in [1.82, 2.24) is 15.2 Å². The number of ether oxygens (including phenoxy) is 1. The van der Waals surface area contributed by atoms with Gasteiger partial charge in [0.25, 0.3) is 5.91 Å². The topological polar surface area (TPSA) is 57.2 Å². The Kier molecular flexibility index (Phi) is 7.63. The minimum Gasteiger partial charge on any atom is -0.457 e. The summed E-state index contributed by atoms with van der Waals surface area (Å²) in [5.41, 5.74) is 4.81. The minimum atomic E-state index is -0.102. The summed E-state index contributed by atoms with van der Waals surface area (Å²) < 4.78 is 5.83. The van der Waals surface area contributed by atoms with Crippen LogP contribution >= 0.6 is 0 Å². The van der Waals surface area contributed by atoms with Gasteiger partial charge >= 0.3 is 0 Å².